The highest BCUT2D eigenvalue weighted by Crippen LogP contribution is 2.36. The van der Waals surface area contributed by atoms with Crippen molar-refractivity contribution in [2.45, 2.75) is 44.6 Å². The van der Waals surface area contributed by atoms with E-state index in [0.717, 1.165) is 23.3 Å². The van der Waals surface area contributed by atoms with Gasteiger partial charge in [-0.3, -0.25) is 5.10 Å². The molecule has 1 aromatic carbocycles. The van der Waals surface area contributed by atoms with E-state index in [0.29, 0.717) is 0 Å². The second kappa shape index (κ2) is 5.65. The highest BCUT2D eigenvalue weighted by atomic mass is 15.2. The van der Waals surface area contributed by atoms with Crippen LogP contribution in [0.25, 0.3) is 11.0 Å². The predicted octanol–water partition coefficient (Wildman–Crippen LogP) is 3.63. The summed E-state index contributed by atoms with van der Waals surface area (Å²) >= 11 is 0. The molecule has 5 nitrogen and oxygen atoms in total. The third kappa shape index (κ3) is 2.79. The summed E-state index contributed by atoms with van der Waals surface area (Å²) < 4.78 is 0. The van der Waals surface area contributed by atoms with Crippen LogP contribution >= 0.6 is 0 Å². The fraction of sp³-hybridized carbons (Fsp3) is 0.389. The summed E-state index contributed by atoms with van der Waals surface area (Å²) in [6, 6.07) is 8.81. The van der Waals surface area contributed by atoms with Gasteiger partial charge in [0.1, 0.15) is 12.1 Å². The van der Waals surface area contributed by atoms with Gasteiger partial charge < -0.3 is 5.32 Å². The third-order valence-corrected chi connectivity index (χ3v) is 4.82. The van der Waals surface area contributed by atoms with Gasteiger partial charge in [-0.15, -0.1) is 0 Å². The summed E-state index contributed by atoms with van der Waals surface area (Å²) in [5, 5.41) is 11.7. The summed E-state index contributed by atoms with van der Waals surface area (Å²) in [5.41, 5.74) is 3.56. The highest BCUT2D eigenvalue weighted by molar-refractivity contribution is 5.85. The maximum Gasteiger partial charge on any atom is 0.160 e. The van der Waals surface area contributed by atoms with Crippen LogP contribution in [0.4, 0.5) is 5.82 Å². The second-order valence-electron chi connectivity index (χ2n) is 6.63. The number of benzene rings is 1. The molecule has 0 aliphatic heterocycles. The van der Waals surface area contributed by atoms with Gasteiger partial charge in [-0.1, -0.05) is 42.7 Å². The van der Waals surface area contributed by atoms with Crippen LogP contribution in [0.1, 0.15) is 36.8 Å². The number of aryl methyl sites for hydroxylation is 1. The lowest BCUT2D eigenvalue weighted by Crippen LogP contribution is -2.38. The van der Waals surface area contributed by atoms with Crippen LogP contribution in [0.2, 0.25) is 0 Å². The number of fused-ring (bicyclic) bond motifs is 1. The van der Waals surface area contributed by atoms with Crippen molar-refractivity contribution in [3.8, 4) is 0 Å². The lowest BCUT2D eigenvalue weighted by atomic mass is 9.88. The van der Waals surface area contributed by atoms with E-state index in [4.69, 9.17) is 0 Å². The zero-order valence-electron chi connectivity index (χ0n) is 13.3. The largest absolute Gasteiger partial charge is 0.364 e. The van der Waals surface area contributed by atoms with Crippen LogP contribution in [0.3, 0.4) is 0 Å². The van der Waals surface area contributed by atoms with E-state index >= 15 is 0 Å². The minimum atomic E-state index is 0.0757. The normalized spacial score (nSPS) is 16.7. The number of rotatable bonds is 4. The molecule has 1 fully saturated rings. The zero-order chi connectivity index (χ0) is 15.7. The number of hydrogen-bond acceptors (Lipinski definition) is 4. The minimum Gasteiger partial charge on any atom is -0.364 e. The molecule has 118 valence electrons. The molecule has 2 N–H and O–H groups in total. The number of aromatic nitrogens is 4. The SMILES string of the molecule is Cc1cccc(CC2(Nc3ncnc4[nH]ncc34)CCCC2)c1. The smallest absolute Gasteiger partial charge is 0.160 e. The van der Waals surface area contributed by atoms with Crippen molar-refractivity contribution in [2.75, 3.05) is 5.32 Å². The molecule has 0 unspecified atom stereocenters. The standard InChI is InChI=1S/C18H21N5/c1-13-5-4-6-14(9-13)10-18(7-2-3-8-18)22-16-15-11-21-23-17(15)20-12-19-16/h4-6,9,11-12H,2-3,7-8,10H2,1H3,(H2,19,20,21,22,23). The molecule has 1 aliphatic carbocycles. The second-order valence-corrected chi connectivity index (χ2v) is 6.63. The Balaban J connectivity index is 1.66. The lowest BCUT2D eigenvalue weighted by Gasteiger charge is -2.31. The van der Waals surface area contributed by atoms with Crippen LogP contribution in [-0.2, 0) is 6.42 Å². The van der Waals surface area contributed by atoms with E-state index in [1.54, 1.807) is 12.5 Å². The molecule has 0 spiro atoms. The van der Waals surface area contributed by atoms with Crippen LogP contribution in [0.15, 0.2) is 36.8 Å². The van der Waals surface area contributed by atoms with Gasteiger partial charge in [-0.25, -0.2) is 9.97 Å². The van der Waals surface area contributed by atoms with Crippen LogP contribution in [-0.4, -0.2) is 25.7 Å². The van der Waals surface area contributed by atoms with Gasteiger partial charge >= 0.3 is 0 Å². The summed E-state index contributed by atoms with van der Waals surface area (Å²) in [6.07, 6.45) is 9.29. The van der Waals surface area contributed by atoms with Gasteiger partial charge in [0.05, 0.1) is 11.6 Å². The van der Waals surface area contributed by atoms with Crippen LogP contribution in [0.5, 0.6) is 0 Å². The van der Waals surface area contributed by atoms with Gasteiger partial charge in [0, 0.05) is 5.54 Å². The molecule has 0 radical (unpaired) electrons. The molecule has 1 aliphatic rings. The van der Waals surface area contributed by atoms with Crippen molar-refractivity contribution in [3.05, 3.63) is 47.9 Å². The first-order valence-corrected chi connectivity index (χ1v) is 8.22. The molecule has 2 aromatic heterocycles. The molecule has 0 atom stereocenters. The molecule has 0 saturated heterocycles. The molecule has 23 heavy (non-hydrogen) atoms. The topological polar surface area (TPSA) is 66.5 Å². The Kier molecular flexibility index (Phi) is 3.48. The Hall–Kier alpha value is -2.43. The molecule has 0 bridgehead atoms. The van der Waals surface area contributed by atoms with Crippen LogP contribution < -0.4 is 5.32 Å². The molecule has 5 heteroatoms. The first-order chi connectivity index (χ1) is 11.2. The van der Waals surface area contributed by atoms with Crippen molar-refractivity contribution < 1.29 is 0 Å². The van der Waals surface area contributed by atoms with E-state index < -0.39 is 0 Å². The summed E-state index contributed by atoms with van der Waals surface area (Å²) in [4.78, 5) is 8.69. The van der Waals surface area contributed by atoms with E-state index in [9.17, 15) is 0 Å². The van der Waals surface area contributed by atoms with Crippen molar-refractivity contribution in [1.82, 2.24) is 20.2 Å². The molecule has 3 aromatic rings. The summed E-state index contributed by atoms with van der Waals surface area (Å²) in [6.45, 7) is 2.15. The average molecular weight is 307 g/mol. The number of anilines is 1. The van der Waals surface area contributed by atoms with E-state index in [1.165, 1.54) is 36.8 Å². The van der Waals surface area contributed by atoms with Gasteiger partial charge in [-0.05, 0) is 31.7 Å². The van der Waals surface area contributed by atoms with Crippen LogP contribution in [0, 0.1) is 6.92 Å². The maximum absolute atomic E-state index is 4.46. The number of nitrogens with one attached hydrogen (secondary N) is 2. The number of H-pyrrole nitrogens is 1. The van der Waals surface area contributed by atoms with Crippen molar-refractivity contribution in [3.63, 3.8) is 0 Å². The molecule has 0 amide bonds. The molecular formula is C18H21N5. The Morgan fingerprint density at radius 3 is 2.91 bits per heavy atom. The number of nitrogens with zero attached hydrogens (tertiary/aromatic N) is 3. The highest BCUT2D eigenvalue weighted by Gasteiger charge is 2.34. The summed E-state index contributed by atoms with van der Waals surface area (Å²) in [5.74, 6) is 0.887. The molecule has 1 saturated carbocycles. The maximum atomic E-state index is 4.46. The quantitative estimate of drug-likeness (QED) is 0.772. The first kappa shape index (κ1) is 14.2. The van der Waals surface area contributed by atoms with Gasteiger partial charge in [0.2, 0.25) is 0 Å². The zero-order valence-corrected chi connectivity index (χ0v) is 13.3. The van der Waals surface area contributed by atoms with Crippen molar-refractivity contribution in [1.29, 1.82) is 0 Å². The van der Waals surface area contributed by atoms with Gasteiger partial charge in [0.15, 0.2) is 5.65 Å². The lowest BCUT2D eigenvalue weighted by molar-refractivity contribution is 0.477. The molecule has 2 heterocycles. The van der Waals surface area contributed by atoms with Gasteiger partial charge in [-0.2, -0.15) is 5.10 Å². The van der Waals surface area contributed by atoms with E-state index in [1.807, 2.05) is 0 Å². The third-order valence-electron chi connectivity index (χ3n) is 4.82. The Morgan fingerprint density at radius 2 is 2.09 bits per heavy atom. The van der Waals surface area contributed by atoms with Crippen molar-refractivity contribution >= 4 is 16.9 Å². The van der Waals surface area contributed by atoms with Crippen molar-refractivity contribution in [2.24, 2.45) is 0 Å². The predicted molar refractivity (Wildman–Crippen MR) is 91.4 cm³/mol. The van der Waals surface area contributed by atoms with E-state index in [2.05, 4.69) is 56.7 Å². The summed E-state index contributed by atoms with van der Waals surface area (Å²) in [7, 11) is 0. The monoisotopic (exact) mass is 307 g/mol. The fourth-order valence-corrected chi connectivity index (χ4v) is 3.73. The molecular weight excluding hydrogens is 286 g/mol. The Labute approximate surface area is 135 Å². The number of aromatic amines is 1. The van der Waals surface area contributed by atoms with E-state index in [-0.39, 0.29) is 5.54 Å². The minimum absolute atomic E-state index is 0.0757. The Morgan fingerprint density at radius 1 is 1.22 bits per heavy atom. The van der Waals surface area contributed by atoms with Gasteiger partial charge in [0.25, 0.3) is 0 Å². The number of hydrogen-bond donors (Lipinski definition) is 2. The Bertz CT molecular complexity index is 817. The fourth-order valence-electron chi connectivity index (χ4n) is 3.73. The molecule has 4 rings (SSSR count). The first-order valence-electron chi connectivity index (χ1n) is 8.22. The average Bonchev–Trinajstić information content (AvgIpc) is 3.17.